The van der Waals surface area contributed by atoms with Gasteiger partial charge in [-0.2, -0.15) is 0 Å². The lowest BCUT2D eigenvalue weighted by Gasteiger charge is -2.19. The molecule has 2 N–H and O–H groups in total. The molecule has 5 heteroatoms. The summed E-state index contributed by atoms with van der Waals surface area (Å²) in [6.45, 7) is 1.98. The second kappa shape index (κ2) is 3.40. The van der Waals surface area contributed by atoms with E-state index >= 15 is 0 Å². The van der Waals surface area contributed by atoms with Gasteiger partial charge in [-0.3, -0.25) is 4.79 Å². The van der Waals surface area contributed by atoms with E-state index in [-0.39, 0.29) is 12.5 Å². The van der Waals surface area contributed by atoms with Crippen molar-refractivity contribution in [2.24, 2.45) is 23.5 Å². The van der Waals surface area contributed by atoms with Crippen molar-refractivity contribution in [2.45, 2.75) is 31.7 Å². The normalized spacial score (nSPS) is 38.3. The Morgan fingerprint density at radius 3 is 2.53 bits per heavy atom. The fourth-order valence-corrected chi connectivity index (χ4v) is 2.58. The van der Waals surface area contributed by atoms with Crippen LogP contribution in [0.15, 0.2) is 0 Å². The molecule has 0 radical (unpaired) electrons. The van der Waals surface area contributed by atoms with Gasteiger partial charge >= 0.3 is 5.97 Å². The summed E-state index contributed by atoms with van der Waals surface area (Å²) in [5.74, 6) is -4.16. The van der Waals surface area contributed by atoms with Crippen molar-refractivity contribution in [3.63, 3.8) is 0 Å². The first-order valence-corrected chi connectivity index (χ1v) is 5.28. The summed E-state index contributed by atoms with van der Waals surface area (Å²) in [6, 6.07) is -0.728. The fraction of sp³-hybridized carbons (Fsp3) is 0.900. The third-order valence-corrected chi connectivity index (χ3v) is 3.55. The summed E-state index contributed by atoms with van der Waals surface area (Å²) in [5, 5.41) is 0. The average molecular weight is 219 g/mol. The van der Waals surface area contributed by atoms with Gasteiger partial charge in [0.15, 0.2) is 0 Å². The predicted octanol–water partition coefficient (Wildman–Crippen LogP) is 1.17. The Hall–Kier alpha value is -0.710. The average Bonchev–Trinajstić information content (AvgIpc) is 2.60. The summed E-state index contributed by atoms with van der Waals surface area (Å²) in [5.41, 5.74) is 5.66. The molecule has 0 aliphatic heterocycles. The highest BCUT2D eigenvalue weighted by atomic mass is 19.3. The third kappa shape index (κ3) is 1.62. The minimum atomic E-state index is -2.50. The van der Waals surface area contributed by atoms with Crippen LogP contribution in [0.25, 0.3) is 0 Å². The highest BCUT2D eigenvalue weighted by Gasteiger charge is 2.72. The third-order valence-electron chi connectivity index (χ3n) is 3.55. The van der Waals surface area contributed by atoms with E-state index in [4.69, 9.17) is 10.5 Å². The van der Waals surface area contributed by atoms with Crippen molar-refractivity contribution in [1.82, 2.24) is 0 Å². The van der Waals surface area contributed by atoms with E-state index in [2.05, 4.69) is 0 Å². The maximum atomic E-state index is 12.9. The number of hydrogen-bond acceptors (Lipinski definition) is 3. The monoisotopic (exact) mass is 219 g/mol. The smallest absolute Gasteiger partial charge is 0.323 e. The molecule has 2 aliphatic rings. The van der Waals surface area contributed by atoms with Gasteiger partial charge in [-0.25, -0.2) is 8.78 Å². The number of alkyl halides is 2. The lowest BCUT2D eigenvalue weighted by molar-refractivity contribution is -0.146. The molecule has 0 saturated heterocycles. The predicted molar refractivity (Wildman–Crippen MR) is 49.3 cm³/mol. The molecule has 2 aliphatic carbocycles. The van der Waals surface area contributed by atoms with Crippen molar-refractivity contribution in [3.8, 4) is 0 Å². The van der Waals surface area contributed by atoms with Crippen LogP contribution in [0.2, 0.25) is 0 Å². The van der Waals surface area contributed by atoms with E-state index < -0.39 is 29.8 Å². The fourth-order valence-electron chi connectivity index (χ4n) is 2.58. The van der Waals surface area contributed by atoms with Crippen LogP contribution in [0.5, 0.6) is 0 Å². The van der Waals surface area contributed by atoms with Gasteiger partial charge < -0.3 is 10.5 Å². The molecule has 86 valence electrons. The van der Waals surface area contributed by atoms with E-state index in [1.165, 1.54) is 0 Å². The second-order valence-corrected chi connectivity index (χ2v) is 4.40. The molecule has 2 rings (SSSR count). The van der Waals surface area contributed by atoms with Crippen molar-refractivity contribution in [1.29, 1.82) is 0 Å². The largest absolute Gasteiger partial charge is 0.465 e. The first-order valence-electron chi connectivity index (χ1n) is 5.28. The zero-order valence-corrected chi connectivity index (χ0v) is 8.58. The first-order chi connectivity index (χ1) is 6.98. The molecule has 0 aromatic carbocycles. The van der Waals surface area contributed by atoms with E-state index in [0.717, 1.165) is 0 Å². The highest BCUT2D eigenvalue weighted by Crippen LogP contribution is 2.66. The molecule has 15 heavy (non-hydrogen) atoms. The van der Waals surface area contributed by atoms with Crippen molar-refractivity contribution in [3.05, 3.63) is 0 Å². The minimum absolute atomic E-state index is 0.126. The molecule has 2 fully saturated rings. The molecule has 0 bridgehead atoms. The quantitative estimate of drug-likeness (QED) is 0.725. The van der Waals surface area contributed by atoms with Crippen LogP contribution in [-0.2, 0) is 9.53 Å². The molecular weight excluding hydrogens is 204 g/mol. The Morgan fingerprint density at radius 2 is 2.07 bits per heavy atom. The van der Waals surface area contributed by atoms with Crippen molar-refractivity contribution >= 4 is 5.97 Å². The highest BCUT2D eigenvalue weighted by molar-refractivity contribution is 5.76. The van der Waals surface area contributed by atoms with Gasteiger partial charge in [-0.15, -0.1) is 0 Å². The number of hydrogen-bond donors (Lipinski definition) is 1. The maximum Gasteiger partial charge on any atom is 0.323 e. The van der Waals surface area contributed by atoms with Gasteiger partial charge in [0.05, 0.1) is 6.61 Å². The standard InChI is InChI=1S/C10H15F2NO2/c1-2-15-9(14)8(13)5-3-6-7(4-5)10(6,11)12/h5-8H,2-4,13H2,1H3/t5-,6-,7+,8?. The Morgan fingerprint density at radius 1 is 1.53 bits per heavy atom. The molecule has 4 atom stereocenters. The summed E-state index contributed by atoms with van der Waals surface area (Å²) in [4.78, 5) is 11.3. The molecule has 3 nitrogen and oxygen atoms in total. The van der Waals surface area contributed by atoms with Gasteiger partial charge in [0, 0.05) is 11.8 Å². The molecule has 0 spiro atoms. The van der Waals surface area contributed by atoms with Crippen LogP contribution in [0.3, 0.4) is 0 Å². The van der Waals surface area contributed by atoms with Gasteiger partial charge in [0.2, 0.25) is 0 Å². The van der Waals surface area contributed by atoms with Crippen LogP contribution < -0.4 is 5.73 Å². The van der Waals surface area contributed by atoms with Crippen LogP contribution in [0.4, 0.5) is 8.78 Å². The van der Waals surface area contributed by atoms with Crippen LogP contribution >= 0.6 is 0 Å². The summed E-state index contributed by atoms with van der Waals surface area (Å²) < 4.78 is 30.5. The van der Waals surface area contributed by atoms with Gasteiger partial charge in [0.25, 0.3) is 5.92 Å². The summed E-state index contributed by atoms with van der Waals surface area (Å²) in [6.07, 6.45) is 0.718. The Balaban J connectivity index is 1.86. The number of ether oxygens (including phenoxy) is 1. The summed E-state index contributed by atoms with van der Waals surface area (Å²) in [7, 11) is 0. The lowest BCUT2D eigenvalue weighted by Crippen LogP contribution is -2.39. The van der Waals surface area contributed by atoms with Gasteiger partial charge in [-0.05, 0) is 25.7 Å². The van der Waals surface area contributed by atoms with E-state index in [1.807, 2.05) is 0 Å². The number of carbonyl (C=O) groups excluding carboxylic acids is 1. The Labute approximate surface area is 87.0 Å². The van der Waals surface area contributed by atoms with Crippen molar-refractivity contribution in [2.75, 3.05) is 6.61 Å². The van der Waals surface area contributed by atoms with Gasteiger partial charge in [-0.1, -0.05) is 0 Å². The molecule has 0 amide bonds. The number of esters is 1. The van der Waals surface area contributed by atoms with Crippen LogP contribution in [0, 0.1) is 17.8 Å². The molecule has 0 heterocycles. The molecule has 0 aromatic heterocycles. The number of carbonyl (C=O) groups is 1. The number of nitrogens with two attached hydrogens (primary N) is 1. The zero-order chi connectivity index (χ0) is 11.2. The van der Waals surface area contributed by atoms with Crippen LogP contribution in [-0.4, -0.2) is 24.5 Å². The first kappa shape index (κ1) is 10.8. The number of fused-ring (bicyclic) bond motifs is 1. The topological polar surface area (TPSA) is 52.3 Å². The minimum Gasteiger partial charge on any atom is -0.465 e. The number of halogens is 2. The van der Waals surface area contributed by atoms with Crippen molar-refractivity contribution < 1.29 is 18.3 Å². The van der Waals surface area contributed by atoms with Gasteiger partial charge in [0.1, 0.15) is 6.04 Å². The van der Waals surface area contributed by atoms with E-state index in [9.17, 15) is 13.6 Å². The molecule has 1 unspecified atom stereocenters. The Kier molecular flexibility index (Phi) is 2.45. The van der Waals surface area contributed by atoms with E-state index in [1.54, 1.807) is 6.92 Å². The molecule has 0 aromatic rings. The SMILES string of the molecule is CCOC(=O)C(N)[C@@H]1C[C@@H]2[C@H](C1)C2(F)F. The number of rotatable bonds is 3. The van der Waals surface area contributed by atoms with Crippen LogP contribution in [0.1, 0.15) is 19.8 Å². The second-order valence-electron chi connectivity index (χ2n) is 4.40. The summed E-state index contributed by atoms with van der Waals surface area (Å²) >= 11 is 0. The zero-order valence-electron chi connectivity index (χ0n) is 8.58. The molecular formula is C10H15F2NO2. The lowest BCUT2D eigenvalue weighted by atomic mass is 9.94. The Bertz CT molecular complexity index is 269. The van der Waals surface area contributed by atoms with E-state index in [0.29, 0.717) is 12.8 Å². The maximum absolute atomic E-state index is 12.9. The molecule has 2 saturated carbocycles.